The molecule has 0 aliphatic carbocycles. The monoisotopic (exact) mass is 291 g/mol. The predicted molar refractivity (Wildman–Crippen MR) is 65.2 cm³/mol. The minimum Gasteiger partial charge on any atom is -0.391 e. The lowest BCUT2D eigenvalue weighted by Crippen LogP contribution is -2.50. The van der Waals surface area contributed by atoms with Crippen molar-refractivity contribution in [2.24, 2.45) is 0 Å². The molecule has 1 aromatic rings. The van der Waals surface area contributed by atoms with Crippen LogP contribution in [0.5, 0.6) is 0 Å². The highest BCUT2D eigenvalue weighted by Crippen LogP contribution is 2.23. The summed E-state index contributed by atoms with van der Waals surface area (Å²) >= 11 is 4.67. The third-order valence-electron chi connectivity index (χ3n) is 2.30. The molecule has 1 aromatic heterocycles. The van der Waals surface area contributed by atoms with Gasteiger partial charge in [-0.25, -0.2) is 0 Å². The molecule has 0 aliphatic rings. The smallest absolute Gasteiger partial charge is 0.263 e. The number of aliphatic hydroxyl groups is 1. The first kappa shape index (κ1) is 12.7. The second-order valence-electron chi connectivity index (χ2n) is 3.95. The summed E-state index contributed by atoms with van der Waals surface area (Å²) in [5.41, 5.74) is -0.624. The van der Waals surface area contributed by atoms with Crippen molar-refractivity contribution in [3.63, 3.8) is 0 Å². The molecule has 15 heavy (non-hydrogen) atoms. The highest BCUT2D eigenvalue weighted by molar-refractivity contribution is 9.10. The molecule has 0 spiro atoms. The molecule has 0 bridgehead atoms. The Morgan fingerprint density at radius 2 is 2.27 bits per heavy atom. The Bertz CT molecular complexity index is 360. The Balaban J connectivity index is 2.77. The van der Waals surface area contributed by atoms with E-state index in [1.54, 1.807) is 20.8 Å². The Morgan fingerprint density at radius 3 is 2.67 bits per heavy atom. The molecule has 0 aromatic carbocycles. The molecule has 0 aliphatic heterocycles. The van der Waals surface area contributed by atoms with E-state index in [0.29, 0.717) is 4.88 Å². The van der Waals surface area contributed by atoms with Crippen LogP contribution in [0.15, 0.2) is 15.9 Å². The lowest BCUT2D eigenvalue weighted by molar-refractivity contribution is 0.0712. The minimum absolute atomic E-state index is 0.164. The van der Waals surface area contributed by atoms with Gasteiger partial charge in [0.05, 0.1) is 11.6 Å². The predicted octanol–water partition coefficient (Wildman–Crippen LogP) is 2.40. The standard InChI is InChI=1S/C10H14BrNO2S/c1-6(13)10(2,3)12-9(14)8-7(11)4-5-15-8/h4-6,13H,1-3H3,(H,12,14). The second-order valence-corrected chi connectivity index (χ2v) is 5.72. The van der Waals surface area contributed by atoms with Crippen LogP contribution in [0.2, 0.25) is 0 Å². The Morgan fingerprint density at radius 1 is 1.67 bits per heavy atom. The van der Waals surface area contributed by atoms with Gasteiger partial charge in [-0.2, -0.15) is 0 Å². The van der Waals surface area contributed by atoms with Crippen LogP contribution in [0, 0.1) is 0 Å². The quantitative estimate of drug-likeness (QED) is 0.898. The number of carbonyl (C=O) groups excluding carboxylic acids is 1. The highest BCUT2D eigenvalue weighted by atomic mass is 79.9. The van der Waals surface area contributed by atoms with E-state index in [1.165, 1.54) is 11.3 Å². The van der Waals surface area contributed by atoms with Crippen molar-refractivity contribution in [2.45, 2.75) is 32.4 Å². The first-order valence-corrected chi connectivity index (χ1v) is 6.25. The van der Waals surface area contributed by atoms with E-state index in [0.717, 1.165) is 4.47 Å². The number of halogens is 1. The van der Waals surface area contributed by atoms with E-state index in [1.807, 2.05) is 11.4 Å². The molecule has 1 rings (SSSR count). The molecule has 1 heterocycles. The van der Waals surface area contributed by atoms with Crippen LogP contribution in [0.25, 0.3) is 0 Å². The fourth-order valence-electron chi connectivity index (χ4n) is 0.910. The number of carbonyl (C=O) groups is 1. The van der Waals surface area contributed by atoms with Gasteiger partial charge in [0.2, 0.25) is 0 Å². The van der Waals surface area contributed by atoms with Crippen molar-refractivity contribution in [1.82, 2.24) is 5.32 Å². The lowest BCUT2D eigenvalue weighted by Gasteiger charge is -2.29. The van der Waals surface area contributed by atoms with E-state index >= 15 is 0 Å². The van der Waals surface area contributed by atoms with E-state index in [2.05, 4.69) is 21.2 Å². The number of thiophene rings is 1. The minimum atomic E-state index is -0.624. The van der Waals surface area contributed by atoms with Gasteiger partial charge in [-0.15, -0.1) is 11.3 Å². The molecule has 1 unspecified atom stereocenters. The first-order chi connectivity index (χ1) is 6.84. The topological polar surface area (TPSA) is 49.3 Å². The van der Waals surface area contributed by atoms with Crippen LogP contribution in [-0.2, 0) is 0 Å². The van der Waals surface area contributed by atoms with Crippen molar-refractivity contribution in [2.75, 3.05) is 0 Å². The van der Waals surface area contributed by atoms with Crippen molar-refractivity contribution >= 4 is 33.2 Å². The summed E-state index contributed by atoms with van der Waals surface area (Å²) in [6.07, 6.45) is -0.597. The molecular formula is C10H14BrNO2S. The summed E-state index contributed by atoms with van der Waals surface area (Å²) in [6, 6.07) is 1.83. The van der Waals surface area contributed by atoms with Gasteiger partial charge in [0.15, 0.2) is 0 Å². The number of amides is 1. The molecule has 0 fully saturated rings. The summed E-state index contributed by atoms with van der Waals surface area (Å²) in [6.45, 7) is 5.23. The van der Waals surface area contributed by atoms with Crippen molar-refractivity contribution in [3.8, 4) is 0 Å². The molecular weight excluding hydrogens is 278 g/mol. The van der Waals surface area contributed by atoms with Crippen molar-refractivity contribution in [1.29, 1.82) is 0 Å². The fraction of sp³-hybridized carbons (Fsp3) is 0.500. The van der Waals surface area contributed by atoms with Gasteiger partial charge in [-0.3, -0.25) is 4.79 Å². The van der Waals surface area contributed by atoms with Crippen molar-refractivity contribution in [3.05, 3.63) is 20.8 Å². The molecule has 1 amide bonds. The number of nitrogens with one attached hydrogen (secondary N) is 1. The molecule has 5 heteroatoms. The summed E-state index contributed by atoms with van der Waals surface area (Å²) in [5.74, 6) is -0.164. The number of hydrogen-bond donors (Lipinski definition) is 2. The molecule has 84 valence electrons. The summed E-state index contributed by atoms with van der Waals surface area (Å²) in [7, 11) is 0. The highest BCUT2D eigenvalue weighted by Gasteiger charge is 2.27. The van der Waals surface area contributed by atoms with E-state index in [9.17, 15) is 9.90 Å². The van der Waals surface area contributed by atoms with E-state index in [4.69, 9.17) is 0 Å². The number of rotatable bonds is 3. The van der Waals surface area contributed by atoms with Crippen LogP contribution in [0.1, 0.15) is 30.4 Å². The maximum absolute atomic E-state index is 11.8. The normalized spacial score (nSPS) is 13.7. The maximum Gasteiger partial charge on any atom is 0.263 e. The van der Waals surface area contributed by atoms with Crippen LogP contribution < -0.4 is 5.32 Å². The zero-order valence-electron chi connectivity index (χ0n) is 8.87. The van der Waals surface area contributed by atoms with E-state index in [-0.39, 0.29) is 5.91 Å². The Hall–Kier alpha value is -0.390. The largest absolute Gasteiger partial charge is 0.391 e. The SMILES string of the molecule is CC(O)C(C)(C)NC(=O)c1sccc1Br. The van der Waals surface area contributed by atoms with Gasteiger partial charge in [0, 0.05) is 4.47 Å². The van der Waals surface area contributed by atoms with Gasteiger partial charge in [-0.1, -0.05) is 0 Å². The molecule has 2 N–H and O–H groups in total. The lowest BCUT2D eigenvalue weighted by atomic mass is 9.99. The fourth-order valence-corrected chi connectivity index (χ4v) is 2.36. The van der Waals surface area contributed by atoms with Gasteiger partial charge < -0.3 is 10.4 Å². The van der Waals surface area contributed by atoms with Crippen LogP contribution in [-0.4, -0.2) is 22.7 Å². The third kappa shape index (κ3) is 3.03. The summed E-state index contributed by atoms with van der Waals surface area (Å²) in [5, 5.41) is 14.1. The van der Waals surface area contributed by atoms with Crippen LogP contribution in [0.3, 0.4) is 0 Å². The molecule has 0 saturated heterocycles. The average molecular weight is 292 g/mol. The number of aliphatic hydroxyl groups excluding tert-OH is 1. The maximum atomic E-state index is 11.8. The summed E-state index contributed by atoms with van der Waals surface area (Å²) < 4.78 is 0.784. The van der Waals surface area contributed by atoms with Gasteiger partial charge in [0.25, 0.3) is 5.91 Å². The van der Waals surface area contributed by atoms with Crippen LogP contribution in [0.4, 0.5) is 0 Å². The van der Waals surface area contributed by atoms with Crippen LogP contribution >= 0.6 is 27.3 Å². The Labute approximate surface area is 102 Å². The molecule has 3 nitrogen and oxygen atoms in total. The van der Waals surface area contributed by atoms with Gasteiger partial charge >= 0.3 is 0 Å². The Kier molecular flexibility index (Phi) is 3.92. The average Bonchev–Trinajstić information content (AvgIpc) is 2.50. The summed E-state index contributed by atoms with van der Waals surface area (Å²) in [4.78, 5) is 12.4. The molecule has 0 saturated carbocycles. The molecule has 0 radical (unpaired) electrons. The van der Waals surface area contributed by atoms with Gasteiger partial charge in [-0.05, 0) is 48.1 Å². The third-order valence-corrected chi connectivity index (χ3v) is 4.14. The zero-order chi connectivity index (χ0) is 11.6. The van der Waals surface area contributed by atoms with Gasteiger partial charge in [0.1, 0.15) is 4.88 Å². The second kappa shape index (κ2) is 4.63. The zero-order valence-corrected chi connectivity index (χ0v) is 11.3. The molecule has 1 atom stereocenters. The van der Waals surface area contributed by atoms with Crippen molar-refractivity contribution < 1.29 is 9.90 Å². The first-order valence-electron chi connectivity index (χ1n) is 4.58. The van der Waals surface area contributed by atoms with E-state index < -0.39 is 11.6 Å². The number of hydrogen-bond acceptors (Lipinski definition) is 3.